The van der Waals surface area contributed by atoms with Crippen LogP contribution in [-0.2, 0) is 24.0 Å². The van der Waals surface area contributed by atoms with Crippen LogP contribution in [0.25, 0.3) is 0 Å². The molecule has 0 aliphatic heterocycles. The van der Waals surface area contributed by atoms with Gasteiger partial charge in [-0.25, -0.2) is 9.59 Å². The van der Waals surface area contributed by atoms with E-state index in [0.717, 1.165) is 0 Å². The molecule has 0 radical (unpaired) electrons. The number of aliphatic carboxylic acids is 4. The average molecular weight is 280 g/mol. The zero-order chi connectivity index (χ0) is 15.8. The Kier molecular flexibility index (Phi) is 17.0. The van der Waals surface area contributed by atoms with Gasteiger partial charge in [0, 0.05) is 12.2 Å². The second kappa shape index (κ2) is 15.1. The normalized spacial score (nSPS) is 8.21. The molecule has 10 nitrogen and oxygen atoms in total. The van der Waals surface area contributed by atoms with Crippen molar-refractivity contribution in [2.24, 2.45) is 0 Å². The Morgan fingerprint density at radius 2 is 0.947 bits per heavy atom. The van der Waals surface area contributed by atoms with Crippen LogP contribution in [0.2, 0.25) is 0 Å². The van der Waals surface area contributed by atoms with Crippen LogP contribution in [0.15, 0.2) is 12.2 Å². The molecule has 0 saturated heterocycles. The van der Waals surface area contributed by atoms with Crippen molar-refractivity contribution in [3.05, 3.63) is 12.2 Å². The maximum absolute atomic E-state index is 9.64. The molecule has 0 spiro atoms. The predicted molar refractivity (Wildman–Crippen MR) is 57.6 cm³/mol. The molecule has 10 heteroatoms. The molecule has 0 heterocycles. The molecule has 0 atom stereocenters. The summed E-state index contributed by atoms with van der Waals surface area (Å²) in [6.07, 6.45) is 0.523. The van der Waals surface area contributed by atoms with Crippen molar-refractivity contribution in [2.75, 3.05) is 0 Å². The van der Waals surface area contributed by atoms with Gasteiger partial charge in [-0.05, 0) is 0 Å². The SMILES string of the molecule is O=C(O)/C=C/C(=O)O.O=C(O)CCC(=O)O.O=CO. The average Bonchev–Trinajstić information content (AvgIpc) is 2.25. The molecule has 0 aromatic carbocycles. The van der Waals surface area contributed by atoms with Gasteiger partial charge in [-0.3, -0.25) is 14.4 Å². The summed E-state index contributed by atoms with van der Waals surface area (Å²) in [7, 11) is 0. The standard InChI is InChI=1S/C4H6O4.C4H4O4.CH2O2/c2*5-3(6)1-2-4(7)8;2-1-3/h1-2H2,(H,5,6)(H,7,8);1-2H,(H,5,6)(H,7,8);1H,(H,2,3)/b;2-1+;. The fourth-order valence-corrected chi connectivity index (χ4v) is 0.356. The number of hydrogen-bond acceptors (Lipinski definition) is 5. The van der Waals surface area contributed by atoms with Crippen LogP contribution in [-0.4, -0.2) is 55.9 Å². The van der Waals surface area contributed by atoms with E-state index >= 15 is 0 Å². The van der Waals surface area contributed by atoms with Crippen LogP contribution in [0.5, 0.6) is 0 Å². The van der Waals surface area contributed by atoms with Crippen LogP contribution in [0.3, 0.4) is 0 Å². The Morgan fingerprint density at radius 1 is 0.737 bits per heavy atom. The van der Waals surface area contributed by atoms with E-state index < -0.39 is 23.9 Å². The predicted octanol–water partition coefficient (Wildman–Crippen LogP) is -0.652. The highest BCUT2D eigenvalue weighted by Gasteiger charge is 2.00. The molecule has 0 bridgehead atoms. The summed E-state index contributed by atoms with van der Waals surface area (Å²) < 4.78 is 0. The van der Waals surface area contributed by atoms with Gasteiger partial charge in [0.1, 0.15) is 0 Å². The van der Waals surface area contributed by atoms with Crippen molar-refractivity contribution < 1.29 is 49.5 Å². The monoisotopic (exact) mass is 280 g/mol. The number of rotatable bonds is 5. The molecule has 19 heavy (non-hydrogen) atoms. The minimum Gasteiger partial charge on any atom is -0.483 e. The lowest BCUT2D eigenvalue weighted by Crippen LogP contribution is -2.00. The molecule has 0 aromatic heterocycles. The largest absolute Gasteiger partial charge is 0.483 e. The molecule has 0 aliphatic rings. The van der Waals surface area contributed by atoms with E-state index in [0.29, 0.717) is 12.2 Å². The minimum atomic E-state index is -1.26. The Balaban J connectivity index is -0.000000224. The molecule has 0 rings (SSSR count). The van der Waals surface area contributed by atoms with E-state index in [2.05, 4.69) is 0 Å². The van der Waals surface area contributed by atoms with Gasteiger partial charge in [-0.1, -0.05) is 0 Å². The van der Waals surface area contributed by atoms with E-state index in [9.17, 15) is 19.2 Å². The van der Waals surface area contributed by atoms with Gasteiger partial charge in [0.15, 0.2) is 0 Å². The Labute approximate surface area is 106 Å². The van der Waals surface area contributed by atoms with E-state index in [4.69, 9.17) is 30.3 Å². The zero-order valence-electron chi connectivity index (χ0n) is 9.42. The molecule has 5 N–H and O–H groups in total. The summed E-state index contributed by atoms with van der Waals surface area (Å²) in [5, 5.41) is 38.3. The fraction of sp³-hybridized carbons (Fsp3) is 0.222. The van der Waals surface area contributed by atoms with Crippen molar-refractivity contribution >= 4 is 30.3 Å². The zero-order valence-corrected chi connectivity index (χ0v) is 9.42. The fourth-order valence-electron chi connectivity index (χ4n) is 0.356. The molecular formula is C9H12O10. The first-order chi connectivity index (χ1) is 8.67. The molecule has 0 amide bonds. The van der Waals surface area contributed by atoms with Gasteiger partial charge in [0.05, 0.1) is 12.8 Å². The highest BCUT2D eigenvalue weighted by molar-refractivity contribution is 5.89. The summed E-state index contributed by atoms with van der Waals surface area (Å²) in [5.41, 5.74) is 0. The van der Waals surface area contributed by atoms with Crippen molar-refractivity contribution in [2.45, 2.75) is 12.8 Å². The van der Waals surface area contributed by atoms with Gasteiger partial charge in [0.25, 0.3) is 6.47 Å². The van der Waals surface area contributed by atoms with Crippen molar-refractivity contribution in [1.82, 2.24) is 0 Å². The first kappa shape index (κ1) is 21.4. The Morgan fingerprint density at radius 3 is 1.05 bits per heavy atom. The van der Waals surface area contributed by atoms with Crippen molar-refractivity contribution in [3.63, 3.8) is 0 Å². The second-order valence-corrected chi connectivity index (χ2v) is 2.40. The number of hydrogen-bond donors (Lipinski definition) is 5. The van der Waals surface area contributed by atoms with Gasteiger partial charge in [0.2, 0.25) is 0 Å². The molecule has 0 fully saturated rings. The first-order valence-corrected chi connectivity index (χ1v) is 4.32. The topological polar surface area (TPSA) is 186 Å². The molecule has 0 saturated carbocycles. The van der Waals surface area contributed by atoms with E-state index in [1.54, 1.807) is 0 Å². The maximum atomic E-state index is 9.64. The highest BCUT2D eigenvalue weighted by atomic mass is 16.4. The third kappa shape index (κ3) is 51.4. The molecular weight excluding hydrogens is 268 g/mol. The van der Waals surface area contributed by atoms with E-state index in [1.165, 1.54) is 0 Å². The molecule has 0 unspecified atom stereocenters. The van der Waals surface area contributed by atoms with Crippen LogP contribution >= 0.6 is 0 Å². The smallest absolute Gasteiger partial charge is 0.328 e. The van der Waals surface area contributed by atoms with E-state index in [-0.39, 0.29) is 19.3 Å². The number of carboxylic acids is 4. The van der Waals surface area contributed by atoms with Crippen molar-refractivity contribution in [3.8, 4) is 0 Å². The van der Waals surface area contributed by atoms with Crippen LogP contribution in [0.1, 0.15) is 12.8 Å². The van der Waals surface area contributed by atoms with Gasteiger partial charge in [-0.2, -0.15) is 0 Å². The molecule has 0 aromatic rings. The van der Waals surface area contributed by atoms with Gasteiger partial charge < -0.3 is 25.5 Å². The summed E-state index contributed by atoms with van der Waals surface area (Å²) in [5.74, 6) is -4.67. The number of carbonyl (C=O) groups is 5. The van der Waals surface area contributed by atoms with Crippen LogP contribution < -0.4 is 0 Å². The lowest BCUT2D eigenvalue weighted by Gasteiger charge is -1.85. The van der Waals surface area contributed by atoms with Crippen molar-refractivity contribution in [1.29, 1.82) is 0 Å². The maximum Gasteiger partial charge on any atom is 0.328 e. The molecule has 108 valence electrons. The van der Waals surface area contributed by atoms with E-state index in [1.807, 2.05) is 0 Å². The third-order valence-corrected chi connectivity index (χ3v) is 0.921. The summed E-state index contributed by atoms with van der Waals surface area (Å²) in [6, 6.07) is 0. The second-order valence-electron chi connectivity index (χ2n) is 2.40. The quantitative estimate of drug-likeness (QED) is 0.319. The summed E-state index contributed by atoms with van der Waals surface area (Å²) in [4.78, 5) is 46.7. The van der Waals surface area contributed by atoms with Gasteiger partial charge >= 0.3 is 23.9 Å². The van der Waals surface area contributed by atoms with Gasteiger partial charge in [-0.15, -0.1) is 0 Å². The lowest BCUT2D eigenvalue weighted by molar-refractivity contribution is -0.143. The minimum absolute atomic E-state index is 0.250. The Hall–Kier alpha value is -2.91. The first-order valence-electron chi connectivity index (χ1n) is 4.32. The summed E-state index contributed by atoms with van der Waals surface area (Å²) >= 11 is 0. The lowest BCUT2D eigenvalue weighted by atomic mass is 10.3. The highest BCUT2D eigenvalue weighted by Crippen LogP contribution is 1.86. The number of carboxylic acid groups (broad SMARTS) is 5. The third-order valence-electron chi connectivity index (χ3n) is 0.921. The van der Waals surface area contributed by atoms with Crippen LogP contribution in [0, 0.1) is 0 Å². The summed E-state index contributed by atoms with van der Waals surface area (Å²) in [6.45, 7) is -0.250. The Bertz CT molecular complexity index is 313. The molecule has 0 aliphatic carbocycles. The van der Waals surface area contributed by atoms with Crippen LogP contribution in [0.4, 0.5) is 0 Å².